The molecule has 2 aromatic carbocycles. The molecule has 0 radical (unpaired) electrons. The van der Waals surface area contributed by atoms with Crippen molar-refractivity contribution in [3.63, 3.8) is 0 Å². The number of nitrogens with zero attached hydrogens (tertiary/aromatic N) is 2. The van der Waals surface area contributed by atoms with Gasteiger partial charge in [0.2, 0.25) is 0 Å². The number of hydrogen-bond donors (Lipinski definition) is 1. The van der Waals surface area contributed by atoms with Crippen LogP contribution in [0.25, 0.3) is 10.9 Å². The number of pyridine rings is 2. The topological polar surface area (TPSA) is 54.9 Å². The van der Waals surface area contributed by atoms with Gasteiger partial charge in [-0.25, -0.2) is 0 Å². The Hall–Kier alpha value is -3.74. The van der Waals surface area contributed by atoms with Crippen molar-refractivity contribution in [2.75, 3.05) is 0 Å². The molecule has 0 fully saturated rings. The van der Waals surface area contributed by atoms with Gasteiger partial charge in [0.1, 0.15) is 0 Å². The Morgan fingerprint density at radius 1 is 0.914 bits per heavy atom. The van der Waals surface area contributed by atoms with Crippen molar-refractivity contribution >= 4 is 16.8 Å². The first-order valence-corrected chi connectivity index (χ1v) is 11.3. The normalized spacial score (nSPS) is 13.0. The predicted octanol–water partition coefficient (Wildman–Crippen LogP) is 6.76. The molecule has 4 nitrogen and oxygen atoms in total. The Morgan fingerprint density at radius 2 is 1.60 bits per heavy atom. The number of benzene rings is 2. The van der Waals surface area contributed by atoms with E-state index in [2.05, 4.69) is 36.1 Å². The molecule has 1 unspecified atom stereocenters. The highest BCUT2D eigenvalue weighted by Crippen LogP contribution is 2.33. The smallest absolute Gasteiger partial charge is 0.340 e. The number of carbonyl (C=O) groups excluding carboxylic acids is 1. The van der Waals surface area contributed by atoms with Crippen molar-refractivity contribution in [2.24, 2.45) is 5.41 Å². The van der Waals surface area contributed by atoms with Gasteiger partial charge in [0, 0.05) is 23.3 Å². The van der Waals surface area contributed by atoms with Crippen LogP contribution >= 0.6 is 0 Å². The number of carbonyl (C=O) groups is 1. The van der Waals surface area contributed by atoms with Crippen LogP contribution in [0.15, 0.2) is 79.1 Å². The average Bonchev–Trinajstić information content (AvgIpc) is 2.81. The van der Waals surface area contributed by atoms with E-state index >= 15 is 0 Å². The van der Waals surface area contributed by atoms with Crippen molar-refractivity contribution in [1.29, 1.82) is 0 Å². The van der Waals surface area contributed by atoms with E-state index in [1.165, 1.54) is 12.1 Å². The SMILES string of the molecule is CC(C)(C)Cc1cccnc1C(NC(=O)c1ccc2ncccc2c1)c1ccc(C(F)(F)F)cc1. The molecule has 0 aliphatic heterocycles. The summed E-state index contributed by atoms with van der Waals surface area (Å²) in [6, 6.07) is 16.8. The summed E-state index contributed by atoms with van der Waals surface area (Å²) in [7, 11) is 0. The van der Waals surface area contributed by atoms with Crippen LogP contribution in [-0.4, -0.2) is 15.9 Å². The molecule has 35 heavy (non-hydrogen) atoms. The molecule has 0 spiro atoms. The molecule has 180 valence electrons. The third kappa shape index (κ3) is 5.85. The second kappa shape index (κ2) is 9.49. The molecule has 0 saturated heterocycles. The quantitative estimate of drug-likeness (QED) is 0.346. The number of aromatic nitrogens is 2. The van der Waals surface area contributed by atoms with Crippen molar-refractivity contribution in [1.82, 2.24) is 15.3 Å². The number of halogens is 3. The third-order valence-corrected chi connectivity index (χ3v) is 5.63. The number of hydrogen-bond acceptors (Lipinski definition) is 3. The molecular weight excluding hydrogens is 451 g/mol. The van der Waals surface area contributed by atoms with Gasteiger partial charge in [0.15, 0.2) is 0 Å². The number of nitrogens with one attached hydrogen (secondary N) is 1. The molecule has 1 atom stereocenters. The molecular formula is C28H26F3N3O. The first-order chi connectivity index (χ1) is 16.5. The Kier molecular flexibility index (Phi) is 6.61. The second-order valence-electron chi connectivity index (χ2n) is 9.72. The molecule has 0 aliphatic carbocycles. The maximum Gasteiger partial charge on any atom is 0.416 e. The van der Waals surface area contributed by atoms with Crippen LogP contribution in [0.4, 0.5) is 13.2 Å². The number of rotatable bonds is 5. The van der Waals surface area contributed by atoms with Crippen molar-refractivity contribution in [2.45, 2.75) is 39.4 Å². The van der Waals surface area contributed by atoms with E-state index in [0.29, 0.717) is 23.2 Å². The lowest BCUT2D eigenvalue weighted by atomic mass is 9.85. The minimum Gasteiger partial charge on any atom is -0.340 e. The van der Waals surface area contributed by atoms with Gasteiger partial charge in [-0.2, -0.15) is 13.2 Å². The Balaban J connectivity index is 1.75. The summed E-state index contributed by atoms with van der Waals surface area (Å²) in [6.07, 6.45) is -0.448. The molecule has 0 saturated carbocycles. The predicted molar refractivity (Wildman–Crippen MR) is 130 cm³/mol. The molecule has 1 N–H and O–H groups in total. The summed E-state index contributed by atoms with van der Waals surface area (Å²) in [5, 5.41) is 3.83. The van der Waals surface area contributed by atoms with Crippen LogP contribution < -0.4 is 5.32 Å². The van der Waals surface area contributed by atoms with Gasteiger partial charge in [-0.1, -0.05) is 45.0 Å². The highest BCUT2D eigenvalue weighted by molar-refractivity contribution is 5.98. The number of alkyl halides is 3. The maximum absolute atomic E-state index is 13.3. The minimum atomic E-state index is -4.45. The zero-order valence-electron chi connectivity index (χ0n) is 19.7. The first-order valence-electron chi connectivity index (χ1n) is 11.3. The fourth-order valence-corrected chi connectivity index (χ4v) is 4.04. The molecule has 2 aromatic heterocycles. The summed E-state index contributed by atoms with van der Waals surface area (Å²) < 4.78 is 39.5. The van der Waals surface area contributed by atoms with Gasteiger partial charge in [0.05, 0.1) is 22.8 Å². The van der Waals surface area contributed by atoms with Gasteiger partial charge in [0.25, 0.3) is 5.91 Å². The van der Waals surface area contributed by atoms with Crippen LogP contribution in [0.5, 0.6) is 0 Å². The zero-order chi connectivity index (χ0) is 25.2. The average molecular weight is 478 g/mol. The zero-order valence-corrected chi connectivity index (χ0v) is 19.7. The maximum atomic E-state index is 13.3. The molecule has 0 aliphatic rings. The third-order valence-electron chi connectivity index (χ3n) is 5.63. The lowest BCUT2D eigenvalue weighted by Crippen LogP contribution is -2.31. The van der Waals surface area contributed by atoms with E-state index in [0.717, 1.165) is 28.6 Å². The molecule has 1 amide bonds. The van der Waals surface area contributed by atoms with Gasteiger partial charge in [-0.05, 0) is 65.4 Å². The van der Waals surface area contributed by atoms with Crippen LogP contribution in [-0.2, 0) is 12.6 Å². The van der Waals surface area contributed by atoms with Gasteiger partial charge >= 0.3 is 6.18 Å². The van der Waals surface area contributed by atoms with Crippen LogP contribution in [0, 0.1) is 5.41 Å². The molecule has 4 aromatic rings. The van der Waals surface area contributed by atoms with Crippen molar-refractivity contribution in [3.8, 4) is 0 Å². The van der Waals surface area contributed by atoms with Crippen LogP contribution in [0.2, 0.25) is 0 Å². The lowest BCUT2D eigenvalue weighted by Gasteiger charge is -2.25. The Bertz CT molecular complexity index is 1340. The fourth-order valence-electron chi connectivity index (χ4n) is 4.04. The molecule has 2 heterocycles. The summed E-state index contributed by atoms with van der Waals surface area (Å²) in [5.41, 5.74) is 2.44. The number of amides is 1. The summed E-state index contributed by atoms with van der Waals surface area (Å²) in [4.78, 5) is 22.2. The van der Waals surface area contributed by atoms with Gasteiger partial charge in [-0.15, -0.1) is 0 Å². The summed E-state index contributed by atoms with van der Waals surface area (Å²) in [6.45, 7) is 6.29. The first kappa shape index (κ1) is 24.4. The summed E-state index contributed by atoms with van der Waals surface area (Å²) in [5.74, 6) is -0.354. The van der Waals surface area contributed by atoms with E-state index in [-0.39, 0.29) is 11.3 Å². The molecule has 4 rings (SSSR count). The fraction of sp³-hybridized carbons (Fsp3) is 0.250. The van der Waals surface area contributed by atoms with Gasteiger partial charge < -0.3 is 5.32 Å². The van der Waals surface area contributed by atoms with Crippen LogP contribution in [0.1, 0.15) is 59.6 Å². The lowest BCUT2D eigenvalue weighted by molar-refractivity contribution is -0.137. The minimum absolute atomic E-state index is 0.0577. The Labute approximate surface area is 202 Å². The number of fused-ring (bicyclic) bond motifs is 1. The molecule has 7 heteroatoms. The highest BCUT2D eigenvalue weighted by atomic mass is 19.4. The second-order valence-corrected chi connectivity index (χ2v) is 9.72. The van der Waals surface area contributed by atoms with E-state index in [4.69, 9.17) is 0 Å². The standard InChI is InChI=1S/C28H26F3N3O/c1-27(2,3)17-21-7-5-15-33-24(21)25(18-8-11-22(12-9-18)28(29,30)31)34-26(35)20-10-13-23-19(16-20)6-4-14-32-23/h4-16,25H,17H2,1-3H3,(H,34,35). The van der Waals surface area contributed by atoms with Crippen molar-refractivity contribution in [3.05, 3.63) is 107 Å². The van der Waals surface area contributed by atoms with E-state index in [1.54, 1.807) is 36.7 Å². The Morgan fingerprint density at radius 3 is 2.29 bits per heavy atom. The monoisotopic (exact) mass is 477 g/mol. The van der Waals surface area contributed by atoms with Crippen molar-refractivity contribution < 1.29 is 18.0 Å². The van der Waals surface area contributed by atoms with E-state index < -0.39 is 17.8 Å². The molecule has 0 bridgehead atoms. The largest absolute Gasteiger partial charge is 0.416 e. The van der Waals surface area contributed by atoms with Crippen LogP contribution in [0.3, 0.4) is 0 Å². The highest BCUT2D eigenvalue weighted by Gasteiger charge is 2.31. The van der Waals surface area contributed by atoms with Gasteiger partial charge in [-0.3, -0.25) is 14.8 Å². The van der Waals surface area contributed by atoms with E-state index in [1.807, 2.05) is 18.2 Å². The summed E-state index contributed by atoms with van der Waals surface area (Å²) >= 11 is 0. The van der Waals surface area contributed by atoms with E-state index in [9.17, 15) is 18.0 Å².